The third kappa shape index (κ3) is 3.81. The topological polar surface area (TPSA) is 17.8 Å². The largest absolute Gasteiger partial charge is 0.276 e. The molecule has 0 aliphatic rings. The predicted octanol–water partition coefficient (Wildman–Crippen LogP) is 2.40. The van der Waals surface area contributed by atoms with Gasteiger partial charge in [-0.3, -0.25) is 4.68 Å². The van der Waals surface area contributed by atoms with Crippen LogP contribution in [0, 0.1) is 0 Å². The van der Waals surface area contributed by atoms with E-state index in [0.717, 1.165) is 6.42 Å². The molecule has 1 rings (SSSR count). The highest BCUT2D eigenvalue weighted by Crippen LogP contribution is 1.96. The molecule has 1 aromatic rings. The first-order valence-electron chi connectivity index (χ1n) is 4.31. The van der Waals surface area contributed by atoms with Crippen molar-refractivity contribution in [2.45, 2.75) is 33.6 Å². The van der Waals surface area contributed by atoms with E-state index >= 15 is 0 Å². The zero-order valence-electron chi connectivity index (χ0n) is 7.96. The molecule has 2 heteroatoms. The minimum absolute atomic E-state index is 1.10. The fourth-order valence-corrected chi connectivity index (χ4v) is 0.853. The molecule has 1 aromatic heterocycles. The Balaban J connectivity index is 0.000000461. The van der Waals surface area contributed by atoms with Crippen LogP contribution in [0.5, 0.6) is 0 Å². The van der Waals surface area contributed by atoms with Gasteiger partial charge >= 0.3 is 0 Å². The van der Waals surface area contributed by atoms with Crippen LogP contribution in [0.15, 0.2) is 12.3 Å². The van der Waals surface area contributed by atoms with Crippen LogP contribution in [0.3, 0.4) is 0 Å². The third-order valence-electron chi connectivity index (χ3n) is 1.27. The lowest BCUT2D eigenvalue weighted by Gasteiger charge is -1.87. The second-order valence-electron chi connectivity index (χ2n) is 2.23. The summed E-state index contributed by atoms with van der Waals surface area (Å²) >= 11 is 0. The lowest BCUT2D eigenvalue weighted by atomic mass is 10.3. The van der Waals surface area contributed by atoms with Gasteiger partial charge in [-0.25, -0.2) is 0 Å². The van der Waals surface area contributed by atoms with Crippen LogP contribution in [0.1, 0.15) is 32.9 Å². The van der Waals surface area contributed by atoms with E-state index < -0.39 is 0 Å². The number of rotatable bonds is 2. The molecular weight excluding hydrogens is 136 g/mol. The number of aryl methyl sites for hydroxylation is 2. The Morgan fingerprint density at radius 2 is 2.09 bits per heavy atom. The highest BCUT2D eigenvalue weighted by atomic mass is 15.2. The van der Waals surface area contributed by atoms with Gasteiger partial charge in [0.15, 0.2) is 0 Å². The summed E-state index contributed by atoms with van der Waals surface area (Å²) in [7, 11) is 1.94. The summed E-state index contributed by atoms with van der Waals surface area (Å²) in [6.45, 7) is 6.16. The Morgan fingerprint density at radius 3 is 2.45 bits per heavy atom. The van der Waals surface area contributed by atoms with Crippen LogP contribution in [0.4, 0.5) is 0 Å². The summed E-state index contributed by atoms with van der Waals surface area (Å²) in [6.07, 6.45) is 4.25. The molecular formula is C9H18N2. The molecule has 0 aromatic carbocycles. The van der Waals surface area contributed by atoms with Crippen molar-refractivity contribution in [2.24, 2.45) is 7.05 Å². The van der Waals surface area contributed by atoms with Gasteiger partial charge in [0.1, 0.15) is 0 Å². The van der Waals surface area contributed by atoms with Gasteiger partial charge in [0.2, 0.25) is 0 Å². The lowest BCUT2D eigenvalue weighted by Crippen LogP contribution is -1.89. The zero-order valence-corrected chi connectivity index (χ0v) is 7.96. The van der Waals surface area contributed by atoms with Gasteiger partial charge in [0, 0.05) is 13.2 Å². The average Bonchev–Trinajstić information content (AvgIpc) is 2.41. The number of hydrogen-bond donors (Lipinski definition) is 0. The van der Waals surface area contributed by atoms with Crippen molar-refractivity contribution in [3.63, 3.8) is 0 Å². The molecule has 0 aliphatic carbocycles. The maximum absolute atomic E-state index is 4.22. The molecule has 64 valence electrons. The molecule has 0 unspecified atom stereocenters. The first kappa shape index (κ1) is 10.2. The normalized spacial score (nSPS) is 8.73. The monoisotopic (exact) mass is 154 g/mol. The van der Waals surface area contributed by atoms with Gasteiger partial charge in [-0.2, -0.15) is 5.10 Å². The minimum Gasteiger partial charge on any atom is -0.276 e. The average molecular weight is 154 g/mol. The van der Waals surface area contributed by atoms with Crippen molar-refractivity contribution >= 4 is 0 Å². The maximum Gasteiger partial charge on any atom is 0.0624 e. The quantitative estimate of drug-likeness (QED) is 0.639. The van der Waals surface area contributed by atoms with E-state index in [1.54, 1.807) is 0 Å². The van der Waals surface area contributed by atoms with E-state index in [1.807, 2.05) is 31.8 Å². The molecule has 0 aliphatic heterocycles. The zero-order chi connectivity index (χ0) is 8.69. The van der Waals surface area contributed by atoms with Gasteiger partial charge in [0.25, 0.3) is 0 Å². The van der Waals surface area contributed by atoms with Crippen molar-refractivity contribution in [3.8, 4) is 0 Å². The second-order valence-corrected chi connectivity index (χ2v) is 2.23. The lowest BCUT2D eigenvalue weighted by molar-refractivity contribution is 0.733. The summed E-state index contributed by atoms with van der Waals surface area (Å²) in [6, 6.07) is 2.06. The van der Waals surface area contributed by atoms with Crippen molar-refractivity contribution in [2.75, 3.05) is 0 Å². The van der Waals surface area contributed by atoms with E-state index in [2.05, 4.69) is 18.1 Å². The standard InChI is InChI=1S/C7H12N2.C2H6/c1-3-4-7-5-6-9(2)8-7;1-2/h5-6H,3-4H2,1-2H3;1-2H3. The maximum atomic E-state index is 4.22. The molecule has 11 heavy (non-hydrogen) atoms. The Morgan fingerprint density at radius 1 is 1.45 bits per heavy atom. The van der Waals surface area contributed by atoms with Crippen LogP contribution < -0.4 is 0 Å². The smallest absolute Gasteiger partial charge is 0.0624 e. The van der Waals surface area contributed by atoms with Crippen LogP contribution in [-0.2, 0) is 13.5 Å². The molecule has 0 saturated heterocycles. The van der Waals surface area contributed by atoms with E-state index in [0.29, 0.717) is 0 Å². The van der Waals surface area contributed by atoms with Gasteiger partial charge < -0.3 is 0 Å². The second kappa shape index (κ2) is 5.96. The molecule has 0 saturated carbocycles. The molecule has 0 N–H and O–H groups in total. The van der Waals surface area contributed by atoms with Gasteiger partial charge in [0.05, 0.1) is 5.69 Å². The minimum atomic E-state index is 1.10. The molecule has 1 heterocycles. The number of nitrogens with zero attached hydrogens (tertiary/aromatic N) is 2. The van der Waals surface area contributed by atoms with Gasteiger partial charge in [-0.05, 0) is 12.5 Å². The van der Waals surface area contributed by atoms with Crippen LogP contribution in [0.2, 0.25) is 0 Å². The van der Waals surface area contributed by atoms with Crippen molar-refractivity contribution in [1.82, 2.24) is 9.78 Å². The summed E-state index contributed by atoms with van der Waals surface area (Å²) in [5.74, 6) is 0. The molecule has 0 amide bonds. The van der Waals surface area contributed by atoms with Crippen molar-refractivity contribution in [1.29, 1.82) is 0 Å². The summed E-state index contributed by atoms with van der Waals surface area (Å²) in [5, 5.41) is 4.22. The fraction of sp³-hybridized carbons (Fsp3) is 0.667. The first-order chi connectivity index (χ1) is 5.33. The van der Waals surface area contributed by atoms with E-state index in [4.69, 9.17) is 0 Å². The van der Waals surface area contributed by atoms with Crippen molar-refractivity contribution < 1.29 is 0 Å². The van der Waals surface area contributed by atoms with Crippen LogP contribution >= 0.6 is 0 Å². The Labute approximate surface area is 69.2 Å². The summed E-state index contributed by atoms with van der Waals surface area (Å²) < 4.78 is 1.84. The molecule has 2 nitrogen and oxygen atoms in total. The summed E-state index contributed by atoms with van der Waals surface area (Å²) in [5.41, 5.74) is 1.19. The molecule has 0 radical (unpaired) electrons. The fourth-order valence-electron chi connectivity index (χ4n) is 0.853. The van der Waals surface area contributed by atoms with Gasteiger partial charge in [-0.15, -0.1) is 0 Å². The highest BCUT2D eigenvalue weighted by Gasteiger charge is 1.91. The number of hydrogen-bond acceptors (Lipinski definition) is 1. The molecule has 0 spiro atoms. The molecule has 0 bridgehead atoms. The Bertz CT molecular complexity index is 179. The molecule has 0 atom stereocenters. The number of aromatic nitrogens is 2. The summed E-state index contributed by atoms with van der Waals surface area (Å²) in [4.78, 5) is 0. The van der Waals surface area contributed by atoms with E-state index in [1.165, 1.54) is 12.1 Å². The van der Waals surface area contributed by atoms with E-state index in [-0.39, 0.29) is 0 Å². The third-order valence-corrected chi connectivity index (χ3v) is 1.27. The Kier molecular flexibility index (Phi) is 5.53. The molecule has 0 fully saturated rings. The van der Waals surface area contributed by atoms with Crippen LogP contribution in [0.25, 0.3) is 0 Å². The first-order valence-corrected chi connectivity index (χ1v) is 4.31. The van der Waals surface area contributed by atoms with Crippen molar-refractivity contribution in [3.05, 3.63) is 18.0 Å². The Hall–Kier alpha value is -0.790. The van der Waals surface area contributed by atoms with Crippen LogP contribution in [-0.4, -0.2) is 9.78 Å². The van der Waals surface area contributed by atoms with E-state index in [9.17, 15) is 0 Å². The SMILES string of the molecule is CC.CCCc1ccn(C)n1. The van der Waals surface area contributed by atoms with Gasteiger partial charge in [-0.1, -0.05) is 27.2 Å². The predicted molar refractivity (Wildman–Crippen MR) is 48.6 cm³/mol. The highest BCUT2D eigenvalue weighted by molar-refractivity contribution is 4.97.